The quantitative estimate of drug-likeness (QED) is 0.829. The van der Waals surface area contributed by atoms with Gasteiger partial charge in [-0.05, 0) is 12.0 Å². The highest BCUT2D eigenvalue weighted by atomic mass is 15.3. The highest BCUT2D eigenvalue weighted by molar-refractivity contribution is 5.14. The Kier molecular flexibility index (Phi) is 6.51. The van der Waals surface area contributed by atoms with Crippen LogP contribution in [0.3, 0.4) is 0 Å². The van der Waals surface area contributed by atoms with E-state index >= 15 is 0 Å². The summed E-state index contributed by atoms with van der Waals surface area (Å²) in [6.45, 7) is 8.80. The second kappa shape index (κ2) is 8.40. The third-order valence-electron chi connectivity index (χ3n) is 4.34. The molecule has 1 fully saturated rings. The Labute approximate surface area is 123 Å². The van der Waals surface area contributed by atoms with Crippen molar-refractivity contribution in [2.45, 2.75) is 38.8 Å². The van der Waals surface area contributed by atoms with Gasteiger partial charge in [-0.1, -0.05) is 50.1 Å². The van der Waals surface area contributed by atoms with E-state index in [-0.39, 0.29) is 0 Å². The molecule has 2 rings (SSSR count). The minimum Gasteiger partial charge on any atom is -0.329 e. The predicted molar refractivity (Wildman–Crippen MR) is 85.7 cm³/mol. The first-order chi connectivity index (χ1) is 9.83. The summed E-state index contributed by atoms with van der Waals surface area (Å²) in [4.78, 5) is 5.15. The SMILES string of the molecule is CCCCC(CN)N1CCN(Cc2ccccc2)CC1. The highest BCUT2D eigenvalue weighted by Crippen LogP contribution is 2.13. The van der Waals surface area contributed by atoms with Crippen molar-refractivity contribution in [1.82, 2.24) is 9.80 Å². The van der Waals surface area contributed by atoms with Crippen LogP contribution >= 0.6 is 0 Å². The van der Waals surface area contributed by atoms with E-state index in [0.717, 1.165) is 26.2 Å². The summed E-state index contributed by atoms with van der Waals surface area (Å²) in [5.41, 5.74) is 7.37. The summed E-state index contributed by atoms with van der Waals surface area (Å²) in [6, 6.07) is 11.4. The minimum absolute atomic E-state index is 0.592. The lowest BCUT2D eigenvalue weighted by molar-refractivity contribution is 0.0899. The Morgan fingerprint density at radius 2 is 1.80 bits per heavy atom. The maximum Gasteiger partial charge on any atom is 0.0234 e. The lowest BCUT2D eigenvalue weighted by Gasteiger charge is -2.39. The summed E-state index contributed by atoms with van der Waals surface area (Å²) in [6.07, 6.45) is 3.82. The van der Waals surface area contributed by atoms with Crippen molar-refractivity contribution in [1.29, 1.82) is 0 Å². The van der Waals surface area contributed by atoms with E-state index in [9.17, 15) is 0 Å². The molecule has 0 amide bonds. The zero-order valence-corrected chi connectivity index (χ0v) is 12.8. The monoisotopic (exact) mass is 275 g/mol. The van der Waals surface area contributed by atoms with Gasteiger partial charge in [-0.3, -0.25) is 9.80 Å². The molecule has 3 heteroatoms. The molecule has 0 spiro atoms. The largest absolute Gasteiger partial charge is 0.329 e. The van der Waals surface area contributed by atoms with Crippen molar-refractivity contribution in [3.05, 3.63) is 35.9 Å². The molecular formula is C17H29N3. The molecule has 1 aromatic rings. The van der Waals surface area contributed by atoms with Crippen molar-refractivity contribution < 1.29 is 0 Å². The predicted octanol–water partition coefficient (Wildman–Crippen LogP) is 2.32. The van der Waals surface area contributed by atoms with E-state index in [2.05, 4.69) is 47.1 Å². The molecule has 20 heavy (non-hydrogen) atoms. The van der Waals surface area contributed by atoms with Gasteiger partial charge >= 0.3 is 0 Å². The van der Waals surface area contributed by atoms with Crippen LogP contribution in [-0.4, -0.2) is 48.6 Å². The average Bonchev–Trinajstić information content (AvgIpc) is 2.50. The Morgan fingerprint density at radius 3 is 2.40 bits per heavy atom. The number of hydrogen-bond acceptors (Lipinski definition) is 3. The van der Waals surface area contributed by atoms with Crippen LogP contribution in [0.2, 0.25) is 0 Å². The van der Waals surface area contributed by atoms with Crippen LogP contribution in [-0.2, 0) is 6.54 Å². The zero-order chi connectivity index (χ0) is 14.2. The molecule has 0 aliphatic carbocycles. The zero-order valence-electron chi connectivity index (χ0n) is 12.8. The number of nitrogens with two attached hydrogens (primary N) is 1. The van der Waals surface area contributed by atoms with E-state index in [1.54, 1.807) is 0 Å². The fourth-order valence-corrected chi connectivity index (χ4v) is 3.02. The fraction of sp³-hybridized carbons (Fsp3) is 0.647. The normalized spacial score (nSPS) is 19.1. The number of nitrogens with zero attached hydrogens (tertiary/aromatic N) is 2. The lowest BCUT2D eigenvalue weighted by atomic mass is 10.1. The molecule has 1 unspecified atom stereocenters. The molecule has 1 aliphatic heterocycles. The van der Waals surface area contributed by atoms with Gasteiger partial charge in [0.2, 0.25) is 0 Å². The Balaban J connectivity index is 1.76. The number of piperazine rings is 1. The fourth-order valence-electron chi connectivity index (χ4n) is 3.02. The topological polar surface area (TPSA) is 32.5 Å². The molecule has 1 saturated heterocycles. The van der Waals surface area contributed by atoms with Gasteiger partial charge in [-0.2, -0.15) is 0 Å². The molecule has 3 nitrogen and oxygen atoms in total. The van der Waals surface area contributed by atoms with Gasteiger partial charge < -0.3 is 5.73 Å². The van der Waals surface area contributed by atoms with E-state index < -0.39 is 0 Å². The van der Waals surface area contributed by atoms with Crippen molar-refractivity contribution in [3.8, 4) is 0 Å². The molecule has 1 aromatic carbocycles. The Morgan fingerprint density at radius 1 is 1.10 bits per heavy atom. The smallest absolute Gasteiger partial charge is 0.0234 e. The second-order valence-electron chi connectivity index (χ2n) is 5.83. The Hall–Kier alpha value is -0.900. The van der Waals surface area contributed by atoms with E-state index in [1.165, 1.54) is 37.9 Å². The van der Waals surface area contributed by atoms with Crippen molar-refractivity contribution in [3.63, 3.8) is 0 Å². The van der Waals surface area contributed by atoms with Gasteiger partial charge in [0.25, 0.3) is 0 Å². The molecule has 0 aromatic heterocycles. The summed E-state index contributed by atoms with van der Waals surface area (Å²) in [5, 5.41) is 0. The molecule has 0 radical (unpaired) electrons. The maximum absolute atomic E-state index is 5.95. The van der Waals surface area contributed by atoms with Crippen LogP contribution in [0, 0.1) is 0 Å². The van der Waals surface area contributed by atoms with Crippen LogP contribution in [0.1, 0.15) is 31.7 Å². The first-order valence-corrected chi connectivity index (χ1v) is 8.04. The van der Waals surface area contributed by atoms with E-state index in [4.69, 9.17) is 5.73 Å². The first-order valence-electron chi connectivity index (χ1n) is 8.04. The first kappa shape index (κ1) is 15.5. The van der Waals surface area contributed by atoms with Gasteiger partial charge in [0.05, 0.1) is 0 Å². The van der Waals surface area contributed by atoms with E-state index in [0.29, 0.717) is 6.04 Å². The van der Waals surface area contributed by atoms with Gasteiger partial charge in [0.15, 0.2) is 0 Å². The van der Waals surface area contributed by atoms with Crippen LogP contribution in [0.15, 0.2) is 30.3 Å². The third kappa shape index (κ3) is 4.58. The summed E-state index contributed by atoms with van der Waals surface area (Å²) < 4.78 is 0. The number of benzene rings is 1. The summed E-state index contributed by atoms with van der Waals surface area (Å²) in [5.74, 6) is 0. The number of unbranched alkanes of at least 4 members (excludes halogenated alkanes) is 1. The molecule has 1 heterocycles. The molecule has 112 valence electrons. The van der Waals surface area contributed by atoms with Crippen LogP contribution in [0.4, 0.5) is 0 Å². The van der Waals surface area contributed by atoms with Crippen LogP contribution < -0.4 is 5.73 Å². The molecule has 1 atom stereocenters. The summed E-state index contributed by atoms with van der Waals surface area (Å²) in [7, 11) is 0. The third-order valence-corrected chi connectivity index (χ3v) is 4.34. The molecule has 1 aliphatic rings. The molecule has 0 bridgehead atoms. The van der Waals surface area contributed by atoms with Crippen molar-refractivity contribution >= 4 is 0 Å². The standard InChI is InChI=1S/C17H29N3/c1-2-3-9-17(14-18)20-12-10-19(11-13-20)15-16-7-5-4-6-8-16/h4-8,17H,2-3,9-15,18H2,1H3. The summed E-state index contributed by atoms with van der Waals surface area (Å²) >= 11 is 0. The van der Waals surface area contributed by atoms with Crippen LogP contribution in [0.5, 0.6) is 0 Å². The van der Waals surface area contributed by atoms with E-state index in [1.807, 2.05) is 0 Å². The van der Waals surface area contributed by atoms with Crippen LogP contribution in [0.25, 0.3) is 0 Å². The maximum atomic E-state index is 5.95. The highest BCUT2D eigenvalue weighted by Gasteiger charge is 2.22. The van der Waals surface area contributed by atoms with Gasteiger partial charge in [0.1, 0.15) is 0 Å². The number of hydrogen-bond donors (Lipinski definition) is 1. The van der Waals surface area contributed by atoms with Gasteiger partial charge in [0, 0.05) is 45.3 Å². The van der Waals surface area contributed by atoms with Gasteiger partial charge in [-0.25, -0.2) is 0 Å². The molecular weight excluding hydrogens is 246 g/mol. The van der Waals surface area contributed by atoms with Crippen molar-refractivity contribution in [2.24, 2.45) is 5.73 Å². The average molecular weight is 275 g/mol. The number of rotatable bonds is 7. The van der Waals surface area contributed by atoms with Gasteiger partial charge in [-0.15, -0.1) is 0 Å². The second-order valence-corrected chi connectivity index (χ2v) is 5.83. The molecule has 0 saturated carbocycles. The minimum atomic E-state index is 0.592. The lowest BCUT2D eigenvalue weighted by Crippen LogP contribution is -2.52. The van der Waals surface area contributed by atoms with Crippen molar-refractivity contribution in [2.75, 3.05) is 32.7 Å². The molecule has 2 N–H and O–H groups in total. The Bertz CT molecular complexity index is 358.